The molecule has 6 nitrogen and oxygen atoms in total. The van der Waals surface area contributed by atoms with Crippen LogP contribution in [-0.2, 0) is 29.8 Å². The molecule has 0 saturated carbocycles. The first kappa shape index (κ1) is 43.9. The standard InChI is InChI=1S/C53H38N2O4S7/c1-65(56,57)50-34-48(46-32-30-44(61-46)36-22-26-42(27-23-36)54(38-14-6-2-7-15-38)39-16-8-3-9-17-39)63-52(50)53-51(66(58,59)60)35-49(64-53)47-33-31-45(62-47)37-24-28-43(29-25-37)55(40-18-10-4-11-19-40)41-20-12-5-13-21-41/h2-35H,1H3,(H,58,59,60). The SMILES string of the molecule is CS(=O)(=O)c1cc(-c2ccc(-c3ccc(N(c4ccccc4)c4ccccc4)cc3)s2)sc1-c1sc(-c2ccc(-c3ccc(N(c4ccccc4)c4ccccc4)cc3)s2)cc1S(=O)(O)=S. The van der Waals surface area contributed by atoms with Gasteiger partial charge in [-0.3, -0.25) is 0 Å². The maximum absolute atomic E-state index is 13.5. The van der Waals surface area contributed by atoms with Gasteiger partial charge in [-0.1, -0.05) is 97.1 Å². The van der Waals surface area contributed by atoms with Gasteiger partial charge in [0.05, 0.1) is 19.5 Å². The molecule has 0 aliphatic heterocycles. The molecule has 0 spiro atoms. The highest BCUT2D eigenvalue weighted by molar-refractivity contribution is 8.29. The molecule has 0 amide bonds. The minimum absolute atomic E-state index is 0.0454. The Morgan fingerprint density at radius 3 is 1.02 bits per heavy atom. The van der Waals surface area contributed by atoms with Crippen LogP contribution in [0.5, 0.6) is 0 Å². The van der Waals surface area contributed by atoms with Crippen LogP contribution in [0.4, 0.5) is 34.1 Å². The lowest BCUT2D eigenvalue weighted by atomic mass is 10.1. The number of anilines is 6. The molecular weight excluding hydrogens is 953 g/mol. The number of benzene rings is 6. The Hall–Kier alpha value is -6.00. The van der Waals surface area contributed by atoms with E-state index in [4.69, 9.17) is 11.2 Å². The summed E-state index contributed by atoms with van der Waals surface area (Å²) in [7, 11) is -7.67. The second-order valence-electron chi connectivity index (χ2n) is 15.3. The zero-order chi connectivity index (χ0) is 45.4. The van der Waals surface area contributed by atoms with Gasteiger partial charge in [-0.05, 0) is 120 Å². The van der Waals surface area contributed by atoms with Crippen LogP contribution in [0.15, 0.2) is 216 Å². The summed E-state index contributed by atoms with van der Waals surface area (Å²) in [4.78, 5) is 10.6. The van der Waals surface area contributed by atoms with Crippen LogP contribution in [0.2, 0.25) is 0 Å². The Bertz CT molecular complexity index is 3200. The molecule has 0 radical (unpaired) electrons. The molecule has 66 heavy (non-hydrogen) atoms. The molecular formula is C53H38N2O4S7. The minimum atomic E-state index is -3.91. The normalized spacial score (nSPS) is 12.5. The van der Waals surface area contributed by atoms with E-state index < -0.39 is 18.6 Å². The minimum Gasteiger partial charge on any atom is -0.311 e. The number of sulfone groups is 1. The third-order valence-corrected chi connectivity index (χ3v) is 18.7. The number of thiophene rings is 4. The molecule has 4 heterocycles. The van der Waals surface area contributed by atoms with Gasteiger partial charge in [0.2, 0.25) is 0 Å². The van der Waals surface area contributed by atoms with Crippen molar-refractivity contribution in [3.05, 3.63) is 206 Å². The number of para-hydroxylation sites is 4. The van der Waals surface area contributed by atoms with E-state index in [-0.39, 0.29) is 9.79 Å². The highest BCUT2D eigenvalue weighted by Crippen LogP contribution is 2.51. The maximum Gasteiger partial charge on any atom is 0.177 e. The van der Waals surface area contributed by atoms with Crippen molar-refractivity contribution < 1.29 is 17.2 Å². The second-order valence-corrected chi connectivity index (χ2v) is 24.3. The second kappa shape index (κ2) is 18.4. The molecule has 1 unspecified atom stereocenters. The van der Waals surface area contributed by atoms with Gasteiger partial charge in [-0.2, -0.15) is 0 Å². The Balaban J connectivity index is 0.949. The van der Waals surface area contributed by atoms with E-state index in [0.29, 0.717) is 9.75 Å². The Morgan fingerprint density at radius 2 is 0.682 bits per heavy atom. The van der Waals surface area contributed by atoms with Crippen LogP contribution in [0.1, 0.15) is 0 Å². The zero-order valence-electron chi connectivity index (χ0n) is 35.1. The summed E-state index contributed by atoms with van der Waals surface area (Å²) in [6.07, 6.45) is 1.17. The molecule has 10 rings (SSSR count). The van der Waals surface area contributed by atoms with Gasteiger partial charge in [0.25, 0.3) is 0 Å². The molecule has 326 valence electrons. The molecule has 4 aromatic heterocycles. The summed E-state index contributed by atoms with van der Waals surface area (Å²) < 4.78 is 51.3. The molecule has 1 atom stereocenters. The molecule has 0 fully saturated rings. The number of hydrogen-bond donors (Lipinski definition) is 1. The molecule has 13 heteroatoms. The smallest absolute Gasteiger partial charge is 0.177 e. The molecule has 0 saturated heterocycles. The van der Waals surface area contributed by atoms with Gasteiger partial charge in [0.1, 0.15) is 0 Å². The van der Waals surface area contributed by atoms with E-state index in [1.165, 1.54) is 28.9 Å². The van der Waals surface area contributed by atoms with Crippen molar-refractivity contribution in [3.63, 3.8) is 0 Å². The Morgan fingerprint density at radius 1 is 0.379 bits per heavy atom. The van der Waals surface area contributed by atoms with Gasteiger partial charge >= 0.3 is 0 Å². The van der Waals surface area contributed by atoms with Crippen molar-refractivity contribution in [1.29, 1.82) is 0 Å². The summed E-state index contributed by atoms with van der Waals surface area (Å²) in [6, 6.07) is 69.2. The third kappa shape index (κ3) is 9.09. The molecule has 1 N–H and O–H groups in total. The monoisotopic (exact) mass is 990 g/mol. The van der Waals surface area contributed by atoms with E-state index in [2.05, 4.69) is 107 Å². The van der Waals surface area contributed by atoms with Crippen LogP contribution >= 0.6 is 45.3 Å². The predicted octanol–water partition coefficient (Wildman–Crippen LogP) is 16.2. The number of nitrogens with zero attached hydrogens (tertiary/aromatic N) is 2. The summed E-state index contributed by atoms with van der Waals surface area (Å²) in [5, 5.41) is 0. The fraction of sp³-hybridized carbons (Fsp3) is 0.0189. The average molecular weight is 991 g/mol. The fourth-order valence-electron chi connectivity index (χ4n) is 7.78. The van der Waals surface area contributed by atoms with E-state index >= 15 is 0 Å². The van der Waals surface area contributed by atoms with Crippen molar-refractivity contribution in [2.24, 2.45) is 0 Å². The number of rotatable bonds is 13. The van der Waals surface area contributed by atoms with Crippen molar-refractivity contribution in [2.45, 2.75) is 9.79 Å². The number of hydrogen-bond acceptors (Lipinski definition) is 10. The fourth-order valence-corrected chi connectivity index (χ4v) is 15.5. The van der Waals surface area contributed by atoms with E-state index in [9.17, 15) is 17.2 Å². The van der Waals surface area contributed by atoms with E-state index in [1.807, 2.05) is 97.1 Å². The highest BCUT2D eigenvalue weighted by Gasteiger charge is 2.28. The summed E-state index contributed by atoms with van der Waals surface area (Å²) in [6.45, 7) is 0. The van der Waals surface area contributed by atoms with Crippen LogP contribution in [-0.4, -0.2) is 23.4 Å². The quantitative estimate of drug-likeness (QED) is 0.123. The van der Waals surface area contributed by atoms with Crippen molar-refractivity contribution in [3.8, 4) is 50.1 Å². The first-order valence-electron chi connectivity index (χ1n) is 20.7. The van der Waals surface area contributed by atoms with Crippen LogP contribution in [0.25, 0.3) is 50.1 Å². The molecule has 0 bridgehead atoms. The van der Waals surface area contributed by atoms with E-state index in [0.717, 1.165) is 74.5 Å². The Kier molecular flexibility index (Phi) is 12.2. The lowest BCUT2D eigenvalue weighted by molar-refractivity contribution is 0.562. The Labute approximate surface area is 405 Å². The molecule has 10 aromatic rings. The molecule has 0 aliphatic carbocycles. The largest absolute Gasteiger partial charge is 0.311 e. The maximum atomic E-state index is 13.5. The lowest BCUT2D eigenvalue weighted by Gasteiger charge is -2.25. The molecule has 6 aromatic carbocycles. The first-order chi connectivity index (χ1) is 32.0. The summed E-state index contributed by atoms with van der Waals surface area (Å²) >= 11 is 10.9. The van der Waals surface area contributed by atoms with Gasteiger partial charge in [-0.15, -0.1) is 45.3 Å². The highest BCUT2D eigenvalue weighted by atomic mass is 32.8. The van der Waals surface area contributed by atoms with Crippen molar-refractivity contribution >= 4 is 109 Å². The van der Waals surface area contributed by atoms with Crippen molar-refractivity contribution in [1.82, 2.24) is 0 Å². The first-order valence-corrected chi connectivity index (χ1v) is 28.2. The van der Waals surface area contributed by atoms with Crippen LogP contribution in [0, 0.1) is 0 Å². The predicted molar refractivity (Wildman–Crippen MR) is 284 cm³/mol. The van der Waals surface area contributed by atoms with E-state index in [1.54, 1.807) is 34.8 Å². The summed E-state index contributed by atoms with van der Waals surface area (Å²) in [5.74, 6) is 0. The lowest BCUT2D eigenvalue weighted by Crippen LogP contribution is -2.09. The average Bonchev–Trinajstić information content (AvgIpc) is 4.18. The van der Waals surface area contributed by atoms with Gasteiger partial charge in [0, 0.05) is 80.8 Å². The third-order valence-electron chi connectivity index (χ3n) is 10.9. The van der Waals surface area contributed by atoms with Gasteiger partial charge < -0.3 is 14.4 Å². The van der Waals surface area contributed by atoms with Gasteiger partial charge in [0.15, 0.2) is 18.6 Å². The summed E-state index contributed by atoms with van der Waals surface area (Å²) in [5.41, 5.74) is 8.29. The van der Waals surface area contributed by atoms with Crippen molar-refractivity contribution in [2.75, 3.05) is 16.1 Å². The van der Waals surface area contributed by atoms with Gasteiger partial charge in [-0.25, -0.2) is 12.6 Å². The van der Waals surface area contributed by atoms with Crippen LogP contribution in [0.3, 0.4) is 0 Å². The zero-order valence-corrected chi connectivity index (χ0v) is 40.8. The topological polar surface area (TPSA) is 77.9 Å². The molecule has 0 aliphatic rings. The van der Waals surface area contributed by atoms with Crippen LogP contribution < -0.4 is 9.80 Å².